The van der Waals surface area contributed by atoms with Crippen molar-refractivity contribution in [3.8, 4) is 0 Å². The molecule has 3 nitrogen and oxygen atoms in total. The Bertz CT molecular complexity index is 145. The Kier molecular flexibility index (Phi) is 9.96. The highest BCUT2D eigenvalue weighted by Crippen LogP contribution is 2.00. The minimum atomic E-state index is 0.0719. The van der Waals surface area contributed by atoms with Gasteiger partial charge in [0.15, 0.2) is 0 Å². The molecule has 0 fully saturated rings. The molecule has 0 unspecified atom stereocenters. The first-order valence-electron chi connectivity index (χ1n) is 4.75. The van der Waals surface area contributed by atoms with Crippen molar-refractivity contribution >= 4 is 0 Å². The van der Waals surface area contributed by atoms with Crippen LogP contribution in [0.3, 0.4) is 0 Å². The average Bonchev–Trinajstić information content (AvgIpc) is 2.18. The van der Waals surface area contributed by atoms with Crippen molar-refractivity contribution in [3.63, 3.8) is 0 Å². The lowest BCUT2D eigenvalue weighted by atomic mass is 10.2. The van der Waals surface area contributed by atoms with Crippen LogP contribution < -0.4 is 0 Å². The van der Waals surface area contributed by atoms with Gasteiger partial charge < -0.3 is 14.2 Å². The second-order valence-corrected chi connectivity index (χ2v) is 2.84. The van der Waals surface area contributed by atoms with E-state index in [1.807, 2.05) is 6.08 Å². The largest absolute Gasteiger partial charge is 0.382 e. The van der Waals surface area contributed by atoms with Gasteiger partial charge in [0.25, 0.3) is 0 Å². The number of hydrogen-bond acceptors (Lipinski definition) is 3. The number of ether oxygens (including phenoxy) is 3. The second kappa shape index (κ2) is 10.4. The fraction of sp³-hybridized carbons (Fsp3) is 0.636. The van der Waals surface area contributed by atoms with Crippen LogP contribution in [-0.2, 0) is 14.2 Å². The first-order chi connectivity index (χ1) is 6.85. The molecule has 0 bridgehead atoms. The molecule has 1 atom stereocenters. The third-order valence-electron chi connectivity index (χ3n) is 1.61. The Labute approximate surface area is 86.4 Å². The monoisotopic (exact) mass is 200 g/mol. The van der Waals surface area contributed by atoms with Gasteiger partial charge in [0.05, 0.1) is 32.5 Å². The number of hydrogen-bond donors (Lipinski definition) is 0. The Balaban J connectivity index is 3.53. The molecular weight excluding hydrogens is 180 g/mol. The van der Waals surface area contributed by atoms with Gasteiger partial charge in [-0.05, 0) is 6.42 Å². The summed E-state index contributed by atoms with van der Waals surface area (Å²) in [5, 5.41) is 0. The first kappa shape index (κ1) is 13.4. The molecule has 0 heterocycles. The molecule has 0 amide bonds. The van der Waals surface area contributed by atoms with Gasteiger partial charge in [0, 0.05) is 7.11 Å². The van der Waals surface area contributed by atoms with Crippen LogP contribution in [0.15, 0.2) is 25.3 Å². The number of rotatable bonds is 10. The molecule has 0 N–H and O–H groups in total. The van der Waals surface area contributed by atoms with Crippen LogP contribution in [0.4, 0.5) is 0 Å². The quantitative estimate of drug-likeness (QED) is 0.397. The van der Waals surface area contributed by atoms with E-state index in [4.69, 9.17) is 14.2 Å². The Morgan fingerprint density at radius 3 is 2.57 bits per heavy atom. The van der Waals surface area contributed by atoms with Gasteiger partial charge in [-0.25, -0.2) is 0 Å². The van der Waals surface area contributed by atoms with Crippen LogP contribution in [-0.4, -0.2) is 39.6 Å². The van der Waals surface area contributed by atoms with Crippen LogP contribution in [0.5, 0.6) is 0 Å². The molecule has 0 spiro atoms. The second-order valence-electron chi connectivity index (χ2n) is 2.84. The standard InChI is InChI=1S/C11H20O3/c1-4-6-11(10-13-7-5-2)14-9-8-12-3/h4-5,11H,1-2,6-10H2,3H3/t11-/m1/s1. The third kappa shape index (κ3) is 7.98. The predicted octanol–water partition coefficient (Wildman–Crippen LogP) is 1.80. The lowest BCUT2D eigenvalue weighted by Gasteiger charge is -2.15. The molecule has 0 aliphatic carbocycles. The van der Waals surface area contributed by atoms with Crippen molar-refractivity contribution in [3.05, 3.63) is 25.3 Å². The minimum Gasteiger partial charge on any atom is -0.382 e. The van der Waals surface area contributed by atoms with Crippen molar-refractivity contribution in [2.24, 2.45) is 0 Å². The molecule has 82 valence electrons. The zero-order chi connectivity index (χ0) is 10.6. The topological polar surface area (TPSA) is 27.7 Å². The molecule has 0 aromatic rings. The van der Waals surface area contributed by atoms with Gasteiger partial charge in [0.1, 0.15) is 0 Å². The fourth-order valence-electron chi connectivity index (χ4n) is 0.951. The van der Waals surface area contributed by atoms with E-state index in [1.165, 1.54) is 0 Å². The van der Waals surface area contributed by atoms with E-state index in [9.17, 15) is 0 Å². The summed E-state index contributed by atoms with van der Waals surface area (Å²) >= 11 is 0. The van der Waals surface area contributed by atoms with Gasteiger partial charge in [0.2, 0.25) is 0 Å². The predicted molar refractivity (Wildman–Crippen MR) is 57.4 cm³/mol. The van der Waals surface area contributed by atoms with Gasteiger partial charge in [-0.1, -0.05) is 12.2 Å². The van der Waals surface area contributed by atoms with E-state index in [0.717, 1.165) is 6.42 Å². The summed E-state index contributed by atoms with van der Waals surface area (Å²) in [7, 11) is 1.65. The Morgan fingerprint density at radius 1 is 1.21 bits per heavy atom. The van der Waals surface area contributed by atoms with Crippen LogP contribution in [0.2, 0.25) is 0 Å². The maximum atomic E-state index is 5.51. The summed E-state index contributed by atoms with van der Waals surface area (Å²) in [4.78, 5) is 0. The first-order valence-corrected chi connectivity index (χ1v) is 4.75. The maximum absolute atomic E-state index is 5.51. The molecular formula is C11H20O3. The van der Waals surface area contributed by atoms with E-state index >= 15 is 0 Å². The summed E-state index contributed by atoms with van der Waals surface area (Å²) in [6.45, 7) is 9.57. The molecule has 0 aliphatic heterocycles. The highest BCUT2D eigenvalue weighted by Gasteiger charge is 2.06. The third-order valence-corrected chi connectivity index (χ3v) is 1.61. The summed E-state index contributed by atoms with van der Waals surface area (Å²) in [5.74, 6) is 0. The van der Waals surface area contributed by atoms with E-state index in [0.29, 0.717) is 26.4 Å². The van der Waals surface area contributed by atoms with E-state index in [2.05, 4.69) is 13.2 Å². The molecule has 3 heteroatoms. The minimum absolute atomic E-state index is 0.0719. The normalized spacial score (nSPS) is 12.4. The molecule has 0 aliphatic rings. The molecule has 0 aromatic carbocycles. The highest BCUT2D eigenvalue weighted by atomic mass is 16.5. The van der Waals surface area contributed by atoms with Crippen LogP contribution in [0, 0.1) is 0 Å². The lowest BCUT2D eigenvalue weighted by molar-refractivity contribution is -0.0257. The van der Waals surface area contributed by atoms with E-state index in [1.54, 1.807) is 13.2 Å². The van der Waals surface area contributed by atoms with Crippen molar-refractivity contribution in [2.45, 2.75) is 12.5 Å². The smallest absolute Gasteiger partial charge is 0.0844 e. The summed E-state index contributed by atoms with van der Waals surface area (Å²) in [5.41, 5.74) is 0. The Hall–Kier alpha value is -0.640. The molecule has 0 radical (unpaired) electrons. The van der Waals surface area contributed by atoms with Crippen LogP contribution >= 0.6 is 0 Å². The van der Waals surface area contributed by atoms with Gasteiger partial charge >= 0.3 is 0 Å². The van der Waals surface area contributed by atoms with Crippen LogP contribution in [0.25, 0.3) is 0 Å². The van der Waals surface area contributed by atoms with Gasteiger partial charge in [-0.15, -0.1) is 13.2 Å². The summed E-state index contributed by atoms with van der Waals surface area (Å²) in [6.07, 6.45) is 4.41. The van der Waals surface area contributed by atoms with Crippen LogP contribution in [0.1, 0.15) is 6.42 Å². The van der Waals surface area contributed by atoms with Crippen molar-refractivity contribution in [2.75, 3.05) is 33.5 Å². The summed E-state index contributed by atoms with van der Waals surface area (Å²) in [6, 6.07) is 0. The van der Waals surface area contributed by atoms with Crippen molar-refractivity contribution < 1.29 is 14.2 Å². The van der Waals surface area contributed by atoms with Gasteiger partial charge in [-0.2, -0.15) is 0 Å². The summed E-state index contributed by atoms with van der Waals surface area (Å²) < 4.78 is 15.7. The average molecular weight is 200 g/mol. The maximum Gasteiger partial charge on any atom is 0.0844 e. The van der Waals surface area contributed by atoms with Gasteiger partial charge in [-0.3, -0.25) is 0 Å². The van der Waals surface area contributed by atoms with Crippen molar-refractivity contribution in [1.29, 1.82) is 0 Å². The molecule has 0 saturated carbocycles. The molecule has 14 heavy (non-hydrogen) atoms. The zero-order valence-corrected chi connectivity index (χ0v) is 8.91. The van der Waals surface area contributed by atoms with E-state index in [-0.39, 0.29) is 6.10 Å². The lowest BCUT2D eigenvalue weighted by Crippen LogP contribution is -2.21. The van der Waals surface area contributed by atoms with E-state index < -0.39 is 0 Å². The van der Waals surface area contributed by atoms with Crippen molar-refractivity contribution in [1.82, 2.24) is 0 Å². The molecule has 0 aromatic heterocycles. The molecule has 0 rings (SSSR count). The Morgan fingerprint density at radius 2 is 2.00 bits per heavy atom. The number of methoxy groups -OCH3 is 1. The SMILES string of the molecule is C=CCOC[C@@H](CC=C)OCCOC. The fourth-order valence-corrected chi connectivity index (χ4v) is 0.951. The highest BCUT2D eigenvalue weighted by molar-refractivity contribution is 4.74. The zero-order valence-electron chi connectivity index (χ0n) is 8.91. The molecule has 0 saturated heterocycles.